The Morgan fingerprint density at radius 2 is 1.00 bits per heavy atom. The lowest BCUT2D eigenvalue weighted by Gasteiger charge is -2.28. The van der Waals surface area contributed by atoms with E-state index in [1.54, 1.807) is 0 Å². The molecular weight excluding hydrogens is 436 g/mol. The fraction of sp³-hybridized carbons (Fsp3) is 0.667. The van der Waals surface area contributed by atoms with Crippen LogP contribution in [0.25, 0.3) is 0 Å². The average molecular weight is 456 g/mol. The van der Waals surface area contributed by atoms with E-state index in [0.29, 0.717) is 0 Å². The molecule has 0 saturated carbocycles. The fourth-order valence-corrected chi connectivity index (χ4v) is 3.82. The monoisotopic (exact) mass is 456 g/mol. The predicted octanol–water partition coefficient (Wildman–Crippen LogP) is 3.12. The zero-order chi connectivity index (χ0) is 24.6. The first-order valence-electron chi connectivity index (χ1n) is 7.56. The van der Waals surface area contributed by atoms with Crippen molar-refractivity contribution < 1.29 is 29.1 Å². The third kappa shape index (κ3) is 8.20. The molecule has 0 fully saturated rings. The number of aromatic amines is 1. The second-order valence-corrected chi connectivity index (χ2v) is 10.1. The van der Waals surface area contributed by atoms with Gasteiger partial charge in [0.05, 0.1) is 9.85 Å². The van der Waals surface area contributed by atoms with E-state index in [-0.39, 0.29) is 9.49 Å². The van der Waals surface area contributed by atoms with Crippen molar-refractivity contribution in [1.29, 1.82) is 0 Å². The first-order valence-corrected chi connectivity index (χ1v) is 8.71. The molecule has 18 heteroatoms. The van der Waals surface area contributed by atoms with E-state index in [0.717, 1.165) is 0 Å². The van der Waals surface area contributed by atoms with Gasteiger partial charge in [-0.1, -0.05) is 0 Å². The van der Waals surface area contributed by atoms with Crippen molar-refractivity contribution >= 4 is 33.8 Å². The van der Waals surface area contributed by atoms with Crippen LogP contribution in [-0.2, 0) is 10.8 Å². The molecule has 0 radical (unpaired) electrons. The largest absolute Gasteiger partial charge is 0.447 e. The molecular formula is C12H20N6O11S. The predicted molar refractivity (Wildman–Crippen MR) is 103 cm³/mol. The molecule has 2 N–H and O–H groups in total. The third-order valence-corrected chi connectivity index (χ3v) is 4.98. The van der Waals surface area contributed by atoms with Crippen LogP contribution in [0.15, 0.2) is 5.34 Å². The summed E-state index contributed by atoms with van der Waals surface area (Å²) in [6.45, 7) is 12.0. The summed E-state index contributed by atoms with van der Waals surface area (Å²) in [7, 11) is -0.755. The standard InChI is InChI=1S/C8H18OS.C4HN5O8.HNO2/c1-7(2,3)10(9)8(4,5)6;10-6(11)1-2(7(12)13)4(9(16)17)5-3(1)8(14)15;2-1-3/h1-6H3;5H;(H,2,3). The van der Waals surface area contributed by atoms with E-state index in [4.69, 9.17) is 10.1 Å². The van der Waals surface area contributed by atoms with Crippen molar-refractivity contribution in [1.82, 2.24) is 4.98 Å². The first kappa shape index (κ1) is 28.6. The van der Waals surface area contributed by atoms with Gasteiger partial charge in [-0.25, -0.2) is 0 Å². The normalized spacial score (nSPS) is 10.8. The summed E-state index contributed by atoms with van der Waals surface area (Å²) in [5, 5.41) is 49.5. The van der Waals surface area contributed by atoms with Gasteiger partial charge in [-0.2, -0.15) is 4.98 Å². The lowest BCUT2D eigenvalue weighted by Crippen LogP contribution is -2.35. The van der Waals surface area contributed by atoms with Crippen molar-refractivity contribution in [3.8, 4) is 0 Å². The Kier molecular flexibility index (Phi) is 10.3. The van der Waals surface area contributed by atoms with Crippen LogP contribution in [0.5, 0.6) is 0 Å². The number of nitrogens with zero attached hydrogens (tertiary/aromatic N) is 5. The molecule has 1 heterocycles. The first-order chi connectivity index (χ1) is 13.3. The van der Waals surface area contributed by atoms with Crippen molar-refractivity contribution in [3.63, 3.8) is 0 Å². The molecule has 0 spiro atoms. The van der Waals surface area contributed by atoms with Crippen molar-refractivity contribution in [2.75, 3.05) is 0 Å². The second-order valence-electron chi connectivity index (χ2n) is 7.12. The lowest BCUT2D eigenvalue weighted by atomic mass is 10.2. The molecule has 1 aromatic rings. The highest BCUT2D eigenvalue weighted by Crippen LogP contribution is 2.42. The van der Waals surface area contributed by atoms with E-state index in [9.17, 15) is 44.7 Å². The van der Waals surface area contributed by atoms with Gasteiger partial charge in [0, 0.05) is 20.3 Å². The highest BCUT2D eigenvalue weighted by molar-refractivity contribution is 7.87. The van der Waals surface area contributed by atoms with Crippen LogP contribution in [0.2, 0.25) is 0 Å². The highest BCUT2D eigenvalue weighted by atomic mass is 32.2. The zero-order valence-electron chi connectivity index (χ0n) is 16.7. The topological polar surface area (TPSA) is 255 Å². The van der Waals surface area contributed by atoms with Gasteiger partial charge in [0.2, 0.25) is 0 Å². The van der Waals surface area contributed by atoms with Gasteiger partial charge in [0.1, 0.15) is 0 Å². The van der Waals surface area contributed by atoms with Crippen LogP contribution in [0.1, 0.15) is 41.5 Å². The minimum Gasteiger partial charge on any atom is -0.379 e. The number of nitrogens with one attached hydrogen (secondary N) is 1. The minimum absolute atomic E-state index is 0.0851. The summed E-state index contributed by atoms with van der Waals surface area (Å²) >= 11 is 0. The molecule has 0 bridgehead atoms. The fourth-order valence-electron chi connectivity index (χ4n) is 1.98. The van der Waals surface area contributed by atoms with Crippen molar-refractivity contribution in [2.24, 2.45) is 5.34 Å². The SMILES string of the molecule is CC(C)(C)S(=O)C(C)(C)C.O=NO.O=[N+]([O-])c1[nH]c([N+](=O)[O-])c([N+](=O)[O-])c1[N+](=O)[O-]. The Hall–Kier alpha value is -3.57. The number of hydrogen-bond acceptors (Lipinski definition) is 11. The summed E-state index contributed by atoms with van der Waals surface area (Å²) in [5.74, 6) is -2.82. The molecule has 0 atom stereocenters. The molecule has 0 aromatic carbocycles. The summed E-state index contributed by atoms with van der Waals surface area (Å²) in [4.78, 5) is 45.6. The van der Waals surface area contributed by atoms with Crippen LogP contribution in [0.3, 0.4) is 0 Å². The molecule has 0 saturated heterocycles. The maximum absolute atomic E-state index is 11.6. The quantitative estimate of drug-likeness (QED) is 0.377. The Morgan fingerprint density at radius 1 is 0.767 bits per heavy atom. The van der Waals surface area contributed by atoms with Crippen molar-refractivity contribution in [2.45, 2.75) is 51.0 Å². The molecule has 0 unspecified atom stereocenters. The lowest BCUT2D eigenvalue weighted by molar-refractivity contribution is -0.446. The highest BCUT2D eigenvalue weighted by Gasteiger charge is 2.47. The Bertz CT molecular complexity index is 790. The van der Waals surface area contributed by atoms with Crippen LogP contribution in [0.4, 0.5) is 23.0 Å². The van der Waals surface area contributed by atoms with Crippen LogP contribution in [-0.4, -0.2) is 43.6 Å². The average Bonchev–Trinajstić information content (AvgIpc) is 2.95. The molecule has 30 heavy (non-hydrogen) atoms. The molecule has 1 aromatic heterocycles. The molecule has 17 nitrogen and oxygen atoms in total. The van der Waals surface area contributed by atoms with Crippen LogP contribution < -0.4 is 0 Å². The summed E-state index contributed by atoms with van der Waals surface area (Å²) in [6, 6.07) is 0. The van der Waals surface area contributed by atoms with Crippen LogP contribution in [0, 0.1) is 45.4 Å². The van der Waals surface area contributed by atoms with E-state index in [2.05, 4.69) is 0 Å². The van der Waals surface area contributed by atoms with E-state index < -0.39 is 53.5 Å². The Labute approximate surface area is 170 Å². The molecule has 0 aliphatic rings. The molecule has 0 amide bonds. The summed E-state index contributed by atoms with van der Waals surface area (Å²) < 4.78 is 11.4. The minimum atomic E-state index is -1.55. The Balaban J connectivity index is 0. The maximum Gasteiger partial charge on any atom is 0.447 e. The van der Waals surface area contributed by atoms with Gasteiger partial charge >= 0.3 is 23.0 Å². The second kappa shape index (κ2) is 10.8. The van der Waals surface area contributed by atoms with Crippen molar-refractivity contribution in [3.05, 3.63) is 45.4 Å². The molecule has 170 valence electrons. The van der Waals surface area contributed by atoms with Gasteiger partial charge in [0.25, 0.3) is 0 Å². The van der Waals surface area contributed by atoms with Gasteiger partial charge in [-0.05, 0) is 51.4 Å². The third-order valence-electron chi connectivity index (χ3n) is 2.75. The number of hydrogen-bond donors (Lipinski definition) is 2. The molecule has 1 rings (SSSR count). The van der Waals surface area contributed by atoms with E-state index in [1.807, 2.05) is 41.5 Å². The molecule has 0 aliphatic heterocycles. The van der Waals surface area contributed by atoms with E-state index >= 15 is 0 Å². The maximum atomic E-state index is 11.6. The number of nitro groups is 4. The smallest absolute Gasteiger partial charge is 0.379 e. The summed E-state index contributed by atoms with van der Waals surface area (Å²) in [5.41, 5.74) is -3.10. The van der Waals surface area contributed by atoms with E-state index in [1.165, 1.54) is 10.3 Å². The van der Waals surface area contributed by atoms with Gasteiger partial charge in [-0.15, -0.1) is 4.91 Å². The van der Waals surface area contributed by atoms with Gasteiger partial charge in [-0.3, -0.25) is 24.4 Å². The van der Waals surface area contributed by atoms with Crippen LogP contribution >= 0.6 is 0 Å². The number of H-pyrrole nitrogens is 1. The van der Waals surface area contributed by atoms with Gasteiger partial charge in [0.15, 0.2) is 5.34 Å². The summed E-state index contributed by atoms with van der Waals surface area (Å²) in [6.07, 6.45) is 0. The Morgan fingerprint density at radius 3 is 1.10 bits per heavy atom. The number of aromatic nitrogens is 1. The number of rotatable bonds is 4. The van der Waals surface area contributed by atoms with Gasteiger partial charge < -0.3 is 25.4 Å². The molecule has 0 aliphatic carbocycles. The zero-order valence-corrected chi connectivity index (χ0v) is 17.5.